The number of hydrogen-bond donors (Lipinski definition) is 1. The summed E-state index contributed by atoms with van der Waals surface area (Å²) in [7, 11) is 1.77. The Morgan fingerprint density at radius 1 is 1.07 bits per heavy atom. The minimum absolute atomic E-state index is 0.0176. The maximum absolute atomic E-state index is 14.2. The van der Waals surface area contributed by atoms with Gasteiger partial charge in [-0.1, -0.05) is 52.1 Å². The van der Waals surface area contributed by atoms with Crippen molar-refractivity contribution < 1.29 is 24.2 Å². The predicted octanol–water partition coefficient (Wildman–Crippen LogP) is 5.89. The highest BCUT2D eigenvalue weighted by Gasteiger charge is 2.67. The van der Waals surface area contributed by atoms with E-state index in [1.54, 1.807) is 0 Å². The van der Waals surface area contributed by atoms with E-state index in [2.05, 4.69) is 20.0 Å². The molecule has 0 unspecified atom stereocenters. The lowest BCUT2D eigenvalue weighted by molar-refractivity contribution is -0.151. The molecule has 0 aromatic carbocycles. The highest BCUT2D eigenvalue weighted by Crippen LogP contribution is 2.61. The van der Waals surface area contributed by atoms with E-state index in [9.17, 15) is 14.7 Å². The molecule has 1 N–H and O–H groups in total. The summed E-state index contributed by atoms with van der Waals surface area (Å²) in [6.07, 6.45) is 15.1. The second kappa shape index (κ2) is 12.8. The van der Waals surface area contributed by atoms with Crippen molar-refractivity contribution in [3.05, 3.63) is 11.3 Å². The van der Waals surface area contributed by atoms with Gasteiger partial charge in [0.25, 0.3) is 5.91 Å². The van der Waals surface area contributed by atoms with Crippen LogP contribution in [0.4, 0.5) is 0 Å². The molecule has 3 fully saturated rings. The molecule has 1 saturated heterocycles. The zero-order valence-corrected chi connectivity index (χ0v) is 27.5. The van der Waals surface area contributed by atoms with Crippen LogP contribution in [0.1, 0.15) is 96.8 Å². The van der Waals surface area contributed by atoms with Gasteiger partial charge < -0.3 is 24.4 Å². The van der Waals surface area contributed by atoms with Crippen molar-refractivity contribution in [2.75, 3.05) is 33.9 Å². The molecule has 4 atom stereocenters. The summed E-state index contributed by atoms with van der Waals surface area (Å²) in [5.41, 5.74) is 2.32. The van der Waals surface area contributed by atoms with Crippen LogP contribution in [0.25, 0.3) is 0 Å². The van der Waals surface area contributed by atoms with E-state index in [0.29, 0.717) is 30.5 Å². The van der Waals surface area contributed by atoms with Crippen LogP contribution in [0.3, 0.4) is 0 Å². The Labute approximate surface area is 249 Å². The largest absolute Gasteiger partial charge is 0.395 e. The number of likely N-dealkylation sites (N-methyl/N-ethyl adjacent to an activating group) is 1. The zero-order chi connectivity index (χ0) is 29.4. The van der Waals surface area contributed by atoms with Crippen molar-refractivity contribution in [3.63, 3.8) is 0 Å². The lowest BCUT2D eigenvalue weighted by Crippen LogP contribution is -2.50. The molecule has 41 heavy (non-hydrogen) atoms. The molecule has 8 heteroatoms. The smallest absolute Gasteiger partial charge is 0.263 e. The molecule has 1 spiro atoms. The van der Waals surface area contributed by atoms with Gasteiger partial charge in [0.1, 0.15) is 0 Å². The summed E-state index contributed by atoms with van der Waals surface area (Å²) in [5.74, 6) is 0.756. The highest BCUT2D eigenvalue weighted by molar-refractivity contribution is 6.80. The molecule has 0 aromatic heterocycles. The van der Waals surface area contributed by atoms with Gasteiger partial charge in [-0.05, 0) is 73.9 Å². The summed E-state index contributed by atoms with van der Waals surface area (Å²) >= 11 is 0. The number of fused-ring (bicyclic) bond motifs is 1. The number of amides is 2. The topological polar surface area (TPSA) is 79.3 Å². The van der Waals surface area contributed by atoms with Crippen LogP contribution < -0.4 is 0 Å². The van der Waals surface area contributed by atoms with Gasteiger partial charge in [-0.2, -0.15) is 0 Å². The monoisotopic (exact) mass is 588 g/mol. The number of rotatable bonds is 9. The third-order valence-electron chi connectivity index (χ3n) is 12.1. The molecule has 5 aliphatic rings. The number of methoxy groups -OCH3 is 1. The number of nitrogens with zero attached hydrogens (tertiary/aromatic N) is 2. The highest BCUT2D eigenvalue weighted by atomic mass is 28.3. The van der Waals surface area contributed by atoms with Gasteiger partial charge in [-0.15, -0.1) is 0 Å². The molecule has 2 aliphatic heterocycles. The van der Waals surface area contributed by atoms with E-state index >= 15 is 0 Å². The van der Waals surface area contributed by atoms with E-state index in [1.165, 1.54) is 43.4 Å². The first-order valence-corrected chi connectivity index (χ1v) is 19.9. The fourth-order valence-electron chi connectivity index (χ4n) is 9.77. The lowest BCUT2D eigenvalue weighted by atomic mass is 9.78. The molecular formula is C33H56N2O5Si. The molecule has 0 bridgehead atoms. The zero-order valence-electron chi connectivity index (χ0n) is 26.5. The van der Waals surface area contributed by atoms with Crippen LogP contribution in [0.15, 0.2) is 11.3 Å². The van der Waals surface area contributed by atoms with Crippen molar-refractivity contribution in [1.29, 1.82) is 0 Å². The second-order valence-electron chi connectivity index (χ2n) is 14.5. The summed E-state index contributed by atoms with van der Waals surface area (Å²) in [6, 6.07) is 0. The van der Waals surface area contributed by atoms with Crippen LogP contribution >= 0.6 is 0 Å². The van der Waals surface area contributed by atoms with Gasteiger partial charge in [-0.3, -0.25) is 9.59 Å². The average molecular weight is 589 g/mol. The Bertz CT molecular complexity index is 986. The molecule has 7 nitrogen and oxygen atoms in total. The maximum atomic E-state index is 14.2. The van der Waals surface area contributed by atoms with E-state index in [4.69, 9.17) is 9.47 Å². The number of ether oxygens (including phenoxy) is 2. The average Bonchev–Trinajstić information content (AvgIpc) is 3.39. The van der Waals surface area contributed by atoms with Gasteiger partial charge >= 0.3 is 0 Å². The Hall–Kier alpha value is -1.22. The minimum Gasteiger partial charge on any atom is -0.395 e. The standard InChI is InChI=1S/C33H56N2O5Si/c1-23-31(41(4,5)26-17-15-25(39-3)16-18-26)29(21-30(37)35(19-20-36)22-24-11-7-6-8-12-24)40-33(23)27-13-9-10-14-28(27)34(2)32(33)38/h23-26,29,31,36H,6-22H2,1-5H3/t23-,25?,26?,29+,31-,33+/m1/s1. The van der Waals surface area contributed by atoms with Crippen molar-refractivity contribution in [1.82, 2.24) is 9.80 Å². The first-order chi connectivity index (χ1) is 19.6. The Morgan fingerprint density at radius 2 is 1.76 bits per heavy atom. The third kappa shape index (κ3) is 5.72. The predicted molar refractivity (Wildman–Crippen MR) is 164 cm³/mol. The Balaban J connectivity index is 1.45. The molecule has 2 heterocycles. The Morgan fingerprint density at radius 3 is 2.41 bits per heavy atom. The molecule has 2 saturated carbocycles. The lowest BCUT2D eigenvalue weighted by Gasteiger charge is -2.45. The maximum Gasteiger partial charge on any atom is 0.263 e. The molecule has 2 amide bonds. The quantitative estimate of drug-likeness (QED) is 0.340. The first kappa shape index (κ1) is 31.2. The van der Waals surface area contributed by atoms with E-state index < -0.39 is 13.7 Å². The summed E-state index contributed by atoms with van der Waals surface area (Å²) in [5, 5.41) is 9.89. The van der Waals surface area contributed by atoms with Crippen LogP contribution in [-0.4, -0.2) is 86.5 Å². The Kier molecular flexibility index (Phi) is 9.74. The molecular weight excluding hydrogens is 532 g/mol. The summed E-state index contributed by atoms with van der Waals surface area (Å²) < 4.78 is 12.9. The summed E-state index contributed by atoms with van der Waals surface area (Å²) in [6.45, 7) is 8.39. The SMILES string of the molecule is COC1CCC([Si](C)(C)[C@H]2[C@H](CC(=O)N(CCO)CC3CCCCC3)O[C@@]3(C(=O)N(C)C4=C3CCCC4)[C@@H]2C)CC1. The van der Waals surface area contributed by atoms with Crippen LogP contribution in [0.2, 0.25) is 24.2 Å². The molecule has 0 radical (unpaired) electrons. The van der Waals surface area contributed by atoms with Gasteiger partial charge in [0.05, 0.1) is 33.3 Å². The van der Waals surface area contributed by atoms with Crippen molar-refractivity contribution in [2.45, 2.75) is 139 Å². The van der Waals surface area contributed by atoms with Crippen molar-refractivity contribution in [3.8, 4) is 0 Å². The molecule has 232 valence electrons. The van der Waals surface area contributed by atoms with Crippen LogP contribution in [0, 0.1) is 11.8 Å². The van der Waals surface area contributed by atoms with E-state index in [-0.39, 0.29) is 36.0 Å². The summed E-state index contributed by atoms with van der Waals surface area (Å²) in [4.78, 5) is 32.1. The minimum atomic E-state index is -2.00. The van der Waals surface area contributed by atoms with Gasteiger partial charge in [-0.25, -0.2) is 0 Å². The number of hydrogen-bond acceptors (Lipinski definition) is 5. The van der Waals surface area contributed by atoms with E-state index in [1.807, 2.05) is 24.0 Å². The number of aliphatic hydroxyl groups is 1. The first-order valence-electron chi connectivity index (χ1n) is 16.7. The third-order valence-corrected chi connectivity index (χ3v) is 17.3. The molecule has 5 rings (SSSR count). The van der Waals surface area contributed by atoms with Crippen molar-refractivity contribution in [2.24, 2.45) is 11.8 Å². The molecule has 0 aromatic rings. The van der Waals surface area contributed by atoms with Gasteiger partial charge in [0, 0.05) is 38.9 Å². The number of carbonyl (C=O) groups is 2. The van der Waals surface area contributed by atoms with Crippen LogP contribution in [-0.2, 0) is 19.1 Å². The fourth-order valence-corrected chi connectivity index (χ4v) is 14.8. The fraction of sp³-hybridized carbons (Fsp3) is 0.879. The normalized spacial score (nSPS) is 34.9. The second-order valence-corrected chi connectivity index (χ2v) is 19.6. The van der Waals surface area contributed by atoms with Crippen molar-refractivity contribution >= 4 is 19.9 Å². The molecule has 3 aliphatic carbocycles. The number of carbonyl (C=O) groups excluding carboxylic acids is 2. The number of allylic oxidation sites excluding steroid dienone is 1. The van der Waals surface area contributed by atoms with Gasteiger partial charge in [0.2, 0.25) is 5.91 Å². The number of aliphatic hydroxyl groups excluding tert-OH is 1. The van der Waals surface area contributed by atoms with Gasteiger partial charge in [0.15, 0.2) is 5.60 Å². The van der Waals surface area contributed by atoms with Crippen LogP contribution in [0.5, 0.6) is 0 Å². The van der Waals surface area contributed by atoms with E-state index in [0.717, 1.165) is 57.9 Å².